The van der Waals surface area contributed by atoms with Crippen LogP contribution in [0.2, 0.25) is 5.02 Å². The van der Waals surface area contributed by atoms with Gasteiger partial charge < -0.3 is 10.3 Å². The van der Waals surface area contributed by atoms with E-state index in [4.69, 9.17) is 16.6 Å². The Labute approximate surface area is 205 Å². The van der Waals surface area contributed by atoms with Gasteiger partial charge in [0.2, 0.25) is 5.91 Å². The van der Waals surface area contributed by atoms with Crippen LogP contribution in [0.1, 0.15) is 11.1 Å². The van der Waals surface area contributed by atoms with E-state index < -0.39 is 0 Å². The molecule has 0 fully saturated rings. The van der Waals surface area contributed by atoms with Crippen molar-refractivity contribution in [2.24, 2.45) is 0 Å². The molecule has 0 unspecified atom stereocenters. The normalized spacial score (nSPS) is 11.3. The first-order chi connectivity index (χ1) is 16.4. The fourth-order valence-corrected chi connectivity index (χ4v) is 4.74. The van der Waals surface area contributed by atoms with Gasteiger partial charge in [-0.15, -0.1) is 0 Å². The van der Waals surface area contributed by atoms with Crippen LogP contribution in [-0.4, -0.2) is 26.2 Å². The summed E-state index contributed by atoms with van der Waals surface area (Å²) in [4.78, 5) is 34.3. The van der Waals surface area contributed by atoms with Crippen molar-refractivity contribution in [1.29, 1.82) is 0 Å². The molecule has 6 nitrogen and oxygen atoms in total. The highest BCUT2D eigenvalue weighted by Crippen LogP contribution is 2.27. The number of aryl methyl sites for hydroxylation is 2. The highest BCUT2D eigenvalue weighted by Gasteiger charge is 2.18. The molecule has 5 aromatic rings. The number of aromatic amines is 1. The van der Waals surface area contributed by atoms with Crippen molar-refractivity contribution in [3.63, 3.8) is 0 Å². The monoisotopic (exact) mass is 488 g/mol. The standard InChI is InChI=1S/C26H21ClN4O2S/c1-15-7-11-18(12-8-15)31-25(33)24-23(19-5-3-4-6-21(19)29-24)30-26(31)34-14-22(32)28-17-10-9-16(2)20(27)13-17/h3-13,29H,14H2,1-2H3,(H,28,32). The number of fused-ring (bicyclic) bond motifs is 3. The molecule has 0 aliphatic rings. The van der Waals surface area contributed by atoms with Gasteiger partial charge in [0, 0.05) is 21.6 Å². The van der Waals surface area contributed by atoms with Crippen molar-refractivity contribution in [3.05, 3.63) is 93.2 Å². The molecule has 0 bridgehead atoms. The number of hydrogen-bond donors (Lipinski definition) is 2. The number of para-hydroxylation sites is 1. The quantitative estimate of drug-likeness (QED) is 0.239. The largest absolute Gasteiger partial charge is 0.349 e. The van der Waals surface area contributed by atoms with Crippen molar-refractivity contribution in [2.45, 2.75) is 19.0 Å². The van der Waals surface area contributed by atoms with E-state index in [0.717, 1.165) is 22.0 Å². The second-order valence-electron chi connectivity index (χ2n) is 8.07. The van der Waals surface area contributed by atoms with Crippen molar-refractivity contribution in [1.82, 2.24) is 14.5 Å². The Morgan fingerprint density at radius 2 is 1.85 bits per heavy atom. The van der Waals surface area contributed by atoms with Gasteiger partial charge in [0.1, 0.15) is 11.0 Å². The average molecular weight is 489 g/mol. The summed E-state index contributed by atoms with van der Waals surface area (Å²) < 4.78 is 1.55. The molecule has 0 saturated carbocycles. The summed E-state index contributed by atoms with van der Waals surface area (Å²) >= 11 is 7.39. The SMILES string of the molecule is Cc1ccc(-n2c(SCC(=O)Nc3ccc(C)c(Cl)c3)nc3c([nH]c4ccccc43)c2=O)cc1. The Kier molecular flexibility index (Phi) is 5.89. The molecule has 170 valence electrons. The Hall–Kier alpha value is -3.55. The number of benzene rings is 3. The number of aromatic nitrogens is 3. The second kappa shape index (κ2) is 9.00. The van der Waals surface area contributed by atoms with E-state index in [9.17, 15) is 9.59 Å². The lowest BCUT2D eigenvalue weighted by molar-refractivity contribution is -0.113. The Balaban J connectivity index is 1.54. The smallest absolute Gasteiger partial charge is 0.283 e. The molecule has 0 spiro atoms. The molecule has 2 aromatic heterocycles. The molecule has 0 saturated heterocycles. The first-order valence-corrected chi connectivity index (χ1v) is 12.1. The van der Waals surface area contributed by atoms with Crippen molar-refractivity contribution >= 4 is 56.9 Å². The van der Waals surface area contributed by atoms with E-state index in [0.29, 0.717) is 32.6 Å². The van der Waals surface area contributed by atoms with Gasteiger partial charge >= 0.3 is 0 Å². The lowest BCUT2D eigenvalue weighted by atomic mass is 10.2. The Morgan fingerprint density at radius 3 is 2.62 bits per heavy atom. The maximum absolute atomic E-state index is 13.6. The summed E-state index contributed by atoms with van der Waals surface area (Å²) in [6, 6.07) is 20.7. The molecule has 2 N–H and O–H groups in total. The van der Waals surface area contributed by atoms with E-state index >= 15 is 0 Å². The molecule has 2 heterocycles. The third-order valence-electron chi connectivity index (χ3n) is 5.57. The van der Waals surface area contributed by atoms with Crippen molar-refractivity contribution < 1.29 is 4.79 Å². The zero-order valence-electron chi connectivity index (χ0n) is 18.6. The predicted molar refractivity (Wildman–Crippen MR) is 139 cm³/mol. The van der Waals surface area contributed by atoms with Crippen LogP contribution in [0, 0.1) is 13.8 Å². The molecule has 1 amide bonds. The molecular formula is C26H21ClN4O2S. The van der Waals surface area contributed by atoms with Crippen LogP contribution in [0.15, 0.2) is 76.7 Å². The van der Waals surface area contributed by atoms with Gasteiger partial charge in [0.15, 0.2) is 5.16 Å². The first kappa shape index (κ1) is 22.3. The zero-order chi connectivity index (χ0) is 23.8. The van der Waals surface area contributed by atoms with Crippen LogP contribution >= 0.6 is 23.4 Å². The molecule has 0 aliphatic heterocycles. The molecular weight excluding hydrogens is 468 g/mol. The summed E-state index contributed by atoms with van der Waals surface area (Å²) in [5, 5.41) is 4.76. The lowest BCUT2D eigenvalue weighted by Crippen LogP contribution is -2.23. The molecule has 3 aromatic carbocycles. The number of amides is 1. The van der Waals surface area contributed by atoms with Gasteiger partial charge in [0.25, 0.3) is 5.56 Å². The minimum atomic E-state index is -0.214. The second-order valence-corrected chi connectivity index (χ2v) is 9.42. The molecule has 0 atom stereocenters. The maximum Gasteiger partial charge on any atom is 0.283 e. The van der Waals surface area contributed by atoms with Gasteiger partial charge in [-0.05, 0) is 49.7 Å². The Bertz CT molecular complexity index is 1610. The van der Waals surface area contributed by atoms with Crippen molar-refractivity contribution in [3.8, 4) is 5.69 Å². The van der Waals surface area contributed by atoms with Gasteiger partial charge in [-0.3, -0.25) is 14.2 Å². The summed E-state index contributed by atoms with van der Waals surface area (Å²) in [6.45, 7) is 3.89. The minimum Gasteiger partial charge on any atom is -0.349 e. The zero-order valence-corrected chi connectivity index (χ0v) is 20.1. The molecule has 5 rings (SSSR count). The fraction of sp³-hybridized carbons (Fsp3) is 0.115. The van der Waals surface area contributed by atoms with Crippen LogP contribution in [0.25, 0.3) is 27.6 Å². The highest BCUT2D eigenvalue weighted by molar-refractivity contribution is 7.99. The van der Waals surface area contributed by atoms with Crippen molar-refractivity contribution in [2.75, 3.05) is 11.1 Å². The lowest BCUT2D eigenvalue weighted by Gasteiger charge is -2.13. The molecule has 34 heavy (non-hydrogen) atoms. The first-order valence-electron chi connectivity index (χ1n) is 10.7. The van der Waals surface area contributed by atoms with Gasteiger partial charge in [-0.1, -0.05) is 65.3 Å². The number of hydrogen-bond acceptors (Lipinski definition) is 4. The number of carbonyl (C=O) groups is 1. The summed E-state index contributed by atoms with van der Waals surface area (Å²) in [6.07, 6.45) is 0. The number of nitrogens with zero attached hydrogens (tertiary/aromatic N) is 2. The fourth-order valence-electron chi connectivity index (χ4n) is 3.76. The predicted octanol–water partition coefficient (Wildman–Crippen LogP) is 5.87. The van der Waals surface area contributed by atoms with Crippen LogP contribution < -0.4 is 10.9 Å². The minimum absolute atomic E-state index is 0.0810. The van der Waals surface area contributed by atoms with Gasteiger partial charge in [-0.25, -0.2) is 4.98 Å². The number of rotatable bonds is 5. The average Bonchev–Trinajstić information content (AvgIpc) is 3.20. The van der Waals surface area contributed by atoms with E-state index in [2.05, 4.69) is 10.3 Å². The number of thioether (sulfide) groups is 1. The number of H-pyrrole nitrogens is 1. The Morgan fingerprint density at radius 1 is 1.09 bits per heavy atom. The van der Waals surface area contributed by atoms with E-state index in [-0.39, 0.29) is 17.2 Å². The van der Waals surface area contributed by atoms with E-state index in [1.807, 2.05) is 74.5 Å². The maximum atomic E-state index is 13.6. The number of nitrogens with one attached hydrogen (secondary N) is 2. The molecule has 0 radical (unpaired) electrons. The number of anilines is 1. The van der Waals surface area contributed by atoms with Crippen LogP contribution in [0.3, 0.4) is 0 Å². The van der Waals surface area contributed by atoms with E-state index in [1.165, 1.54) is 11.8 Å². The summed E-state index contributed by atoms with van der Waals surface area (Å²) in [5.41, 5.74) is 5.00. The molecule has 8 heteroatoms. The van der Waals surface area contributed by atoms with E-state index in [1.54, 1.807) is 10.6 Å². The third-order valence-corrected chi connectivity index (χ3v) is 6.92. The van der Waals surface area contributed by atoms with Gasteiger partial charge in [-0.2, -0.15) is 0 Å². The van der Waals surface area contributed by atoms with Gasteiger partial charge in [0.05, 0.1) is 11.4 Å². The highest BCUT2D eigenvalue weighted by atomic mass is 35.5. The number of carbonyl (C=O) groups excluding carboxylic acids is 1. The summed E-state index contributed by atoms with van der Waals surface area (Å²) in [5.74, 6) is -0.133. The van der Waals surface area contributed by atoms with Crippen LogP contribution in [-0.2, 0) is 4.79 Å². The topological polar surface area (TPSA) is 79.8 Å². The van der Waals surface area contributed by atoms with Crippen LogP contribution in [0.4, 0.5) is 5.69 Å². The third kappa shape index (κ3) is 4.20. The number of halogens is 1. The molecule has 0 aliphatic carbocycles. The summed E-state index contributed by atoms with van der Waals surface area (Å²) in [7, 11) is 0. The van der Waals surface area contributed by atoms with Crippen LogP contribution in [0.5, 0.6) is 0 Å².